The van der Waals surface area contributed by atoms with E-state index in [4.69, 9.17) is 18.9 Å². The van der Waals surface area contributed by atoms with Crippen LogP contribution in [0.1, 0.15) is 18.1 Å². The van der Waals surface area contributed by atoms with Gasteiger partial charge >= 0.3 is 11.9 Å². The summed E-state index contributed by atoms with van der Waals surface area (Å²) in [5.41, 5.74) is 1.36. The van der Waals surface area contributed by atoms with Crippen LogP contribution in [0.3, 0.4) is 0 Å². The molecule has 7 nitrogen and oxygen atoms in total. The predicted octanol–water partition coefficient (Wildman–Crippen LogP) is 4.50. The summed E-state index contributed by atoms with van der Waals surface area (Å²) in [5, 5.41) is 0. The summed E-state index contributed by atoms with van der Waals surface area (Å²) in [6, 6.07) is 8.54. The summed E-state index contributed by atoms with van der Waals surface area (Å²) < 4.78 is 22.1. The number of nitrogens with zero attached hydrogens (tertiary/aromatic N) is 1. The predicted molar refractivity (Wildman–Crippen MR) is 113 cm³/mol. The Bertz CT molecular complexity index is 1060. The minimum absolute atomic E-state index is 0.126. The van der Waals surface area contributed by atoms with Crippen LogP contribution in [0.4, 0.5) is 0 Å². The molecule has 0 aliphatic carbocycles. The van der Waals surface area contributed by atoms with Gasteiger partial charge in [0.2, 0.25) is 5.90 Å². The van der Waals surface area contributed by atoms with E-state index in [0.717, 1.165) is 0 Å². The van der Waals surface area contributed by atoms with Gasteiger partial charge in [-0.1, -0.05) is 0 Å². The number of cyclic esters (lactones) is 1. The lowest BCUT2D eigenvalue weighted by atomic mass is 10.1. The molecule has 0 saturated heterocycles. The van der Waals surface area contributed by atoms with Crippen LogP contribution in [0.25, 0.3) is 6.08 Å². The van der Waals surface area contributed by atoms with Crippen LogP contribution < -0.4 is 14.2 Å². The lowest BCUT2D eigenvalue weighted by Gasteiger charge is -2.11. The molecular weight excluding hydrogens is 510 g/mol. The van der Waals surface area contributed by atoms with E-state index in [1.54, 1.807) is 43.5 Å². The number of benzene rings is 2. The van der Waals surface area contributed by atoms with Crippen molar-refractivity contribution < 1.29 is 28.5 Å². The Morgan fingerprint density at radius 1 is 1.07 bits per heavy atom. The van der Waals surface area contributed by atoms with Crippen molar-refractivity contribution in [2.45, 2.75) is 6.92 Å². The van der Waals surface area contributed by atoms with Gasteiger partial charge in [0.15, 0.2) is 17.2 Å². The number of methoxy groups -OCH3 is 2. The van der Waals surface area contributed by atoms with Gasteiger partial charge in [-0.3, -0.25) is 4.79 Å². The number of hydrogen-bond donors (Lipinski definition) is 0. The van der Waals surface area contributed by atoms with Gasteiger partial charge in [-0.25, -0.2) is 9.79 Å². The summed E-state index contributed by atoms with van der Waals surface area (Å²) in [4.78, 5) is 27.8. The molecule has 0 unspecified atom stereocenters. The second-order valence-electron chi connectivity index (χ2n) is 5.81. The fraction of sp³-hybridized carbons (Fsp3) is 0.150. The zero-order valence-corrected chi connectivity index (χ0v) is 18.8. The number of esters is 2. The summed E-state index contributed by atoms with van der Waals surface area (Å²) in [6.07, 6.45) is 1.55. The molecule has 0 N–H and O–H groups in total. The van der Waals surface area contributed by atoms with Crippen LogP contribution >= 0.6 is 31.9 Å². The van der Waals surface area contributed by atoms with Crippen molar-refractivity contribution in [3.63, 3.8) is 0 Å². The molecular formula is C20H15Br2NO6. The van der Waals surface area contributed by atoms with Crippen molar-refractivity contribution in [1.29, 1.82) is 0 Å². The average Bonchev–Trinajstić information content (AvgIpc) is 3.03. The Morgan fingerprint density at radius 3 is 2.41 bits per heavy atom. The molecule has 0 spiro atoms. The fourth-order valence-electron chi connectivity index (χ4n) is 2.56. The molecule has 1 heterocycles. The molecule has 9 heteroatoms. The van der Waals surface area contributed by atoms with E-state index in [1.165, 1.54) is 14.0 Å². The highest BCUT2D eigenvalue weighted by molar-refractivity contribution is 9.10. The van der Waals surface area contributed by atoms with Crippen molar-refractivity contribution in [1.82, 2.24) is 0 Å². The van der Waals surface area contributed by atoms with E-state index >= 15 is 0 Å². The van der Waals surface area contributed by atoms with Crippen molar-refractivity contribution in [3.05, 3.63) is 56.1 Å². The van der Waals surface area contributed by atoms with Gasteiger partial charge in [-0.15, -0.1) is 0 Å². The molecule has 0 amide bonds. The molecule has 1 aliphatic heterocycles. The van der Waals surface area contributed by atoms with Crippen LogP contribution in [0.5, 0.6) is 17.2 Å². The normalized spacial score (nSPS) is 14.4. The Morgan fingerprint density at radius 2 is 1.79 bits per heavy atom. The first-order valence-electron chi connectivity index (χ1n) is 8.24. The number of rotatable bonds is 5. The maximum Gasteiger partial charge on any atom is 0.363 e. The Labute approximate surface area is 183 Å². The van der Waals surface area contributed by atoms with Crippen LogP contribution in [0.2, 0.25) is 0 Å². The van der Waals surface area contributed by atoms with Crippen LogP contribution in [-0.4, -0.2) is 32.1 Å². The van der Waals surface area contributed by atoms with Gasteiger partial charge in [0.1, 0.15) is 5.75 Å². The molecule has 0 aromatic heterocycles. The number of carbonyl (C=O) groups is 2. The quantitative estimate of drug-likeness (QED) is 0.325. The zero-order valence-electron chi connectivity index (χ0n) is 15.6. The van der Waals surface area contributed by atoms with E-state index in [1.807, 2.05) is 0 Å². The second-order valence-corrected chi connectivity index (χ2v) is 7.52. The van der Waals surface area contributed by atoms with Crippen molar-refractivity contribution in [2.75, 3.05) is 14.2 Å². The lowest BCUT2D eigenvalue weighted by Crippen LogP contribution is -2.05. The molecule has 3 rings (SSSR count). The largest absolute Gasteiger partial charge is 0.496 e. The van der Waals surface area contributed by atoms with E-state index in [2.05, 4.69) is 36.9 Å². The minimum atomic E-state index is -0.578. The molecule has 1 aliphatic rings. The van der Waals surface area contributed by atoms with Crippen LogP contribution in [-0.2, 0) is 14.3 Å². The molecule has 2 aromatic carbocycles. The van der Waals surface area contributed by atoms with Gasteiger partial charge < -0.3 is 18.9 Å². The Hall–Kier alpha value is -2.65. The van der Waals surface area contributed by atoms with Gasteiger partial charge in [0.25, 0.3) is 0 Å². The average molecular weight is 525 g/mol. The molecule has 150 valence electrons. The molecule has 0 fully saturated rings. The van der Waals surface area contributed by atoms with Gasteiger partial charge in [0, 0.05) is 12.5 Å². The first kappa shape index (κ1) is 21.1. The van der Waals surface area contributed by atoms with Gasteiger partial charge in [-0.05, 0) is 73.8 Å². The maximum atomic E-state index is 12.3. The molecule has 0 atom stereocenters. The summed E-state index contributed by atoms with van der Waals surface area (Å²) in [7, 11) is 3.01. The molecule has 0 bridgehead atoms. The summed E-state index contributed by atoms with van der Waals surface area (Å²) >= 11 is 6.74. The highest BCUT2D eigenvalue weighted by Crippen LogP contribution is 2.37. The zero-order chi connectivity index (χ0) is 21.1. The number of carbonyl (C=O) groups excluding carboxylic acids is 2. The standard InChI is InChI=1S/C20H15Br2NO6/c1-10(24)28-18-14(22)6-11(8-17(18)27-3)7-15-20(25)29-19(23-15)12-4-5-16(26-2)13(21)9-12/h4-9H,1-3H3. The van der Waals surface area contributed by atoms with Crippen molar-refractivity contribution in [3.8, 4) is 17.2 Å². The van der Waals surface area contributed by atoms with E-state index in [9.17, 15) is 9.59 Å². The molecule has 2 aromatic rings. The summed E-state index contributed by atoms with van der Waals surface area (Å²) in [5.74, 6) is 0.367. The number of hydrogen-bond acceptors (Lipinski definition) is 7. The summed E-state index contributed by atoms with van der Waals surface area (Å²) in [6.45, 7) is 1.30. The number of ether oxygens (including phenoxy) is 4. The third kappa shape index (κ3) is 4.68. The van der Waals surface area contributed by atoms with Gasteiger partial charge in [0.05, 0.1) is 23.2 Å². The Kier molecular flexibility index (Phi) is 6.39. The SMILES string of the molecule is COc1ccc(C2=NC(=Cc3cc(Br)c(OC(C)=O)c(OC)c3)C(=O)O2)cc1Br. The third-order valence-electron chi connectivity index (χ3n) is 3.82. The molecule has 0 radical (unpaired) electrons. The molecule has 29 heavy (non-hydrogen) atoms. The first-order chi connectivity index (χ1) is 13.8. The van der Waals surface area contributed by atoms with Crippen LogP contribution in [0, 0.1) is 0 Å². The van der Waals surface area contributed by atoms with E-state index in [0.29, 0.717) is 31.6 Å². The Balaban J connectivity index is 1.96. The van der Waals surface area contributed by atoms with Crippen molar-refractivity contribution >= 4 is 55.8 Å². The highest BCUT2D eigenvalue weighted by Gasteiger charge is 2.25. The van der Waals surface area contributed by atoms with Crippen molar-refractivity contribution in [2.24, 2.45) is 4.99 Å². The highest BCUT2D eigenvalue weighted by atomic mass is 79.9. The van der Waals surface area contributed by atoms with E-state index < -0.39 is 11.9 Å². The topological polar surface area (TPSA) is 83.4 Å². The van der Waals surface area contributed by atoms with Crippen LogP contribution in [0.15, 0.2) is 50.0 Å². The maximum absolute atomic E-state index is 12.3. The number of aliphatic imine (C=N–C) groups is 1. The number of halogens is 2. The van der Waals surface area contributed by atoms with E-state index in [-0.39, 0.29) is 17.3 Å². The first-order valence-corrected chi connectivity index (χ1v) is 9.83. The smallest absolute Gasteiger partial charge is 0.363 e. The minimum Gasteiger partial charge on any atom is -0.496 e. The lowest BCUT2D eigenvalue weighted by molar-refractivity contribution is -0.132. The third-order valence-corrected chi connectivity index (χ3v) is 5.03. The monoisotopic (exact) mass is 523 g/mol. The second kappa shape index (κ2) is 8.79. The fourth-order valence-corrected chi connectivity index (χ4v) is 3.64. The van der Waals surface area contributed by atoms with Gasteiger partial charge in [-0.2, -0.15) is 0 Å². The molecule has 0 saturated carbocycles.